The van der Waals surface area contributed by atoms with Crippen molar-refractivity contribution in [1.82, 2.24) is 9.88 Å². The molecule has 1 aromatic heterocycles. The number of hydrogen-bond donors (Lipinski definition) is 1. The Kier molecular flexibility index (Phi) is 3.91. The van der Waals surface area contributed by atoms with E-state index in [1.165, 1.54) is 34.0 Å². The van der Waals surface area contributed by atoms with Gasteiger partial charge in [-0.1, -0.05) is 24.3 Å². The van der Waals surface area contributed by atoms with Gasteiger partial charge in [0.1, 0.15) is 0 Å². The minimum Gasteiger partial charge on any atom is -0.380 e. The van der Waals surface area contributed by atoms with Crippen LogP contribution in [0.1, 0.15) is 17.5 Å². The Bertz CT molecular complexity index is 974. The van der Waals surface area contributed by atoms with Gasteiger partial charge in [-0.05, 0) is 35.7 Å². The standard InChI is InChI=1S/C22H22N4/c1-2-18-13-23-9-7-20(18)21(3-1)25-19-8-11-26(15-19)14-16-4-5-17-6-10-24-22(17)12-16/h1-5,7,9-10,12-13,19,25H,6,8,11,14-15H2. The van der Waals surface area contributed by atoms with Gasteiger partial charge in [-0.3, -0.25) is 14.9 Å². The summed E-state index contributed by atoms with van der Waals surface area (Å²) in [6.07, 6.45) is 7.95. The van der Waals surface area contributed by atoms with Gasteiger partial charge in [0.05, 0.1) is 5.69 Å². The fourth-order valence-electron chi connectivity index (χ4n) is 4.06. The van der Waals surface area contributed by atoms with E-state index in [2.05, 4.69) is 62.7 Å². The van der Waals surface area contributed by atoms with Gasteiger partial charge in [0.2, 0.25) is 0 Å². The van der Waals surface area contributed by atoms with Crippen molar-refractivity contribution in [3.05, 3.63) is 66.0 Å². The first-order chi connectivity index (χ1) is 12.8. The second-order valence-electron chi connectivity index (χ2n) is 7.25. The van der Waals surface area contributed by atoms with Gasteiger partial charge in [0.25, 0.3) is 0 Å². The van der Waals surface area contributed by atoms with Crippen LogP contribution in [0.25, 0.3) is 10.8 Å². The highest BCUT2D eigenvalue weighted by atomic mass is 15.2. The van der Waals surface area contributed by atoms with E-state index in [9.17, 15) is 0 Å². The van der Waals surface area contributed by atoms with E-state index in [1.54, 1.807) is 0 Å². The van der Waals surface area contributed by atoms with Gasteiger partial charge in [-0.15, -0.1) is 0 Å². The second-order valence-corrected chi connectivity index (χ2v) is 7.25. The Hall–Kier alpha value is -2.72. The van der Waals surface area contributed by atoms with Crippen LogP contribution in [0.15, 0.2) is 59.9 Å². The maximum Gasteiger partial charge on any atom is 0.0664 e. The first-order valence-corrected chi connectivity index (χ1v) is 9.31. The molecule has 1 unspecified atom stereocenters. The molecule has 0 bridgehead atoms. The van der Waals surface area contributed by atoms with Crippen molar-refractivity contribution < 1.29 is 0 Å². The van der Waals surface area contributed by atoms with E-state index in [4.69, 9.17) is 0 Å². The van der Waals surface area contributed by atoms with E-state index in [0.29, 0.717) is 6.04 Å². The fraction of sp³-hybridized carbons (Fsp3) is 0.273. The summed E-state index contributed by atoms with van der Waals surface area (Å²) in [5.74, 6) is 0. The number of aliphatic imine (C=N–C) groups is 1. The van der Waals surface area contributed by atoms with Crippen molar-refractivity contribution in [1.29, 1.82) is 0 Å². The van der Waals surface area contributed by atoms with Crippen LogP contribution in [0.3, 0.4) is 0 Å². The average Bonchev–Trinajstić information content (AvgIpc) is 3.31. The van der Waals surface area contributed by atoms with Crippen molar-refractivity contribution in [2.75, 3.05) is 18.4 Å². The van der Waals surface area contributed by atoms with Crippen molar-refractivity contribution in [2.45, 2.75) is 25.4 Å². The van der Waals surface area contributed by atoms with E-state index < -0.39 is 0 Å². The lowest BCUT2D eigenvalue weighted by atomic mass is 10.1. The predicted molar refractivity (Wildman–Crippen MR) is 107 cm³/mol. The predicted octanol–water partition coefficient (Wildman–Crippen LogP) is 4.18. The molecule has 0 aliphatic carbocycles. The van der Waals surface area contributed by atoms with Gasteiger partial charge < -0.3 is 5.32 Å². The van der Waals surface area contributed by atoms with E-state index >= 15 is 0 Å². The molecular formula is C22H22N4. The number of rotatable bonds is 4. The molecule has 0 amide bonds. The van der Waals surface area contributed by atoms with Crippen LogP contribution in [0, 0.1) is 0 Å². The van der Waals surface area contributed by atoms with Gasteiger partial charge in [0, 0.05) is 67.2 Å². The summed E-state index contributed by atoms with van der Waals surface area (Å²) >= 11 is 0. The SMILES string of the molecule is C1=Nc2cc(CN3CCC(Nc4cccc5cnccc45)C3)ccc2C1. The van der Waals surface area contributed by atoms with Crippen LogP contribution in [-0.2, 0) is 13.0 Å². The Morgan fingerprint density at radius 2 is 2.15 bits per heavy atom. The molecule has 2 aromatic carbocycles. The van der Waals surface area contributed by atoms with Gasteiger partial charge in [0.15, 0.2) is 0 Å². The monoisotopic (exact) mass is 342 g/mol. The third-order valence-electron chi connectivity index (χ3n) is 5.41. The van der Waals surface area contributed by atoms with Crippen LogP contribution >= 0.6 is 0 Å². The number of nitrogens with zero attached hydrogens (tertiary/aromatic N) is 3. The number of hydrogen-bond acceptors (Lipinski definition) is 4. The van der Waals surface area contributed by atoms with Gasteiger partial charge in [-0.2, -0.15) is 0 Å². The highest BCUT2D eigenvalue weighted by molar-refractivity contribution is 5.93. The zero-order chi connectivity index (χ0) is 17.3. The Labute approximate surface area is 153 Å². The van der Waals surface area contributed by atoms with Crippen LogP contribution in [0.2, 0.25) is 0 Å². The molecule has 5 rings (SSSR count). The van der Waals surface area contributed by atoms with Crippen molar-refractivity contribution in [3.8, 4) is 0 Å². The molecule has 130 valence electrons. The third kappa shape index (κ3) is 2.97. The van der Waals surface area contributed by atoms with Crippen LogP contribution in [0.5, 0.6) is 0 Å². The highest BCUT2D eigenvalue weighted by Crippen LogP contribution is 2.28. The second kappa shape index (κ2) is 6.54. The molecule has 26 heavy (non-hydrogen) atoms. The lowest BCUT2D eigenvalue weighted by Gasteiger charge is -2.18. The number of likely N-dealkylation sites (tertiary alicyclic amines) is 1. The molecule has 3 heterocycles. The minimum atomic E-state index is 0.487. The van der Waals surface area contributed by atoms with Crippen molar-refractivity contribution in [3.63, 3.8) is 0 Å². The summed E-state index contributed by atoms with van der Waals surface area (Å²) in [6, 6.07) is 15.7. The molecule has 1 fully saturated rings. The number of aromatic nitrogens is 1. The van der Waals surface area contributed by atoms with E-state index in [1.807, 2.05) is 18.6 Å². The fourth-order valence-corrected chi connectivity index (χ4v) is 4.06. The van der Waals surface area contributed by atoms with Crippen LogP contribution in [-0.4, -0.2) is 35.2 Å². The molecule has 2 aliphatic rings. The topological polar surface area (TPSA) is 40.5 Å². The summed E-state index contributed by atoms with van der Waals surface area (Å²) < 4.78 is 0. The molecule has 3 aromatic rings. The van der Waals surface area contributed by atoms with Crippen molar-refractivity contribution >= 4 is 28.4 Å². The Balaban J connectivity index is 1.26. The highest BCUT2D eigenvalue weighted by Gasteiger charge is 2.23. The number of nitrogens with one attached hydrogen (secondary N) is 1. The summed E-state index contributed by atoms with van der Waals surface area (Å²) in [5.41, 5.74) is 5.07. The van der Waals surface area contributed by atoms with E-state index in [0.717, 1.165) is 31.7 Å². The van der Waals surface area contributed by atoms with Crippen LogP contribution in [0.4, 0.5) is 11.4 Å². The molecule has 2 aliphatic heterocycles. The molecule has 1 atom stereocenters. The quantitative estimate of drug-likeness (QED) is 0.773. The molecule has 1 saturated heterocycles. The number of fused-ring (bicyclic) bond motifs is 2. The molecule has 4 heteroatoms. The van der Waals surface area contributed by atoms with Crippen LogP contribution < -0.4 is 5.32 Å². The molecule has 4 nitrogen and oxygen atoms in total. The van der Waals surface area contributed by atoms with E-state index in [-0.39, 0.29) is 0 Å². The average molecular weight is 342 g/mol. The molecule has 1 N–H and O–H groups in total. The molecule has 0 spiro atoms. The number of benzene rings is 2. The maximum absolute atomic E-state index is 4.47. The summed E-state index contributed by atoms with van der Waals surface area (Å²) in [4.78, 5) is 11.2. The van der Waals surface area contributed by atoms with Gasteiger partial charge in [-0.25, -0.2) is 0 Å². The maximum atomic E-state index is 4.47. The van der Waals surface area contributed by atoms with Gasteiger partial charge >= 0.3 is 0 Å². The lowest BCUT2D eigenvalue weighted by molar-refractivity contribution is 0.329. The number of pyridine rings is 1. The normalized spacial score (nSPS) is 19.2. The Morgan fingerprint density at radius 3 is 3.15 bits per heavy atom. The smallest absolute Gasteiger partial charge is 0.0664 e. The molecular weight excluding hydrogens is 320 g/mol. The molecule has 0 saturated carbocycles. The Morgan fingerprint density at radius 1 is 1.15 bits per heavy atom. The lowest BCUT2D eigenvalue weighted by Crippen LogP contribution is -2.26. The first-order valence-electron chi connectivity index (χ1n) is 9.31. The first kappa shape index (κ1) is 15.5. The van der Waals surface area contributed by atoms with Crippen molar-refractivity contribution in [2.24, 2.45) is 4.99 Å². The minimum absolute atomic E-state index is 0.487. The third-order valence-corrected chi connectivity index (χ3v) is 5.41. The largest absolute Gasteiger partial charge is 0.380 e. The number of anilines is 1. The molecule has 0 radical (unpaired) electrons. The zero-order valence-electron chi connectivity index (χ0n) is 14.7. The summed E-state index contributed by atoms with van der Waals surface area (Å²) in [5, 5.41) is 6.18. The summed E-state index contributed by atoms with van der Waals surface area (Å²) in [6.45, 7) is 3.20. The zero-order valence-corrected chi connectivity index (χ0v) is 14.7. The summed E-state index contributed by atoms with van der Waals surface area (Å²) in [7, 11) is 0.